The number of rotatable bonds is 4. The van der Waals surface area contributed by atoms with Crippen molar-refractivity contribution >= 4 is 16.5 Å². The number of nitrogens with zero attached hydrogens (tertiary/aromatic N) is 1. The Bertz CT molecular complexity index is 551. The second-order valence-electron chi connectivity index (χ2n) is 3.80. The van der Waals surface area contributed by atoms with Crippen molar-refractivity contribution in [1.29, 1.82) is 0 Å². The Hall–Kier alpha value is -1.63. The topological polar surface area (TPSA) is 24.9 Å². The molecule has 0 bridgehead atoms. The van der Waals surface area contributed by atoms with Crippen molar-refractivity contribution in [3.05, 3.63) is 46.7 Å². The maximum absolute atomic E-state index is 13.3. The molecular formula is C12H10F4N2S. The van der Waals surface area contributed by atoms with Gasteiger partial charge in [-0.2, -0.15) is 13.2 Å². The van der Waals surface area contributed by atoms with Crippen LogP contribution >= 0.6 is 11.3 Å². The predicted octanol–water partition coefficient (Wildman–Crippen LogP) is 3.96. The first-order valence-electron chi connectivity index (χ1n) is 5.47. The maximum Gasteiger partial charge on any atom is 0.434 e. The number of hydrogen-bond donors (Lipinski definition) is 1. The predicted molar refractivity (Wildman–Crippen MR) is 65.7 cm³/mol. The van der Waals surface area contributed by atoms with Crippen molar-refractivity contribution in [1.82, 2.24) is 4.98 Å². The second-order valence-corrected chi connectivity index (χ2v) is 4.66. The van der Waals surface area contributed by atoms with Gasteiger partial charge in [0, 0.05) is 11.9 Å². The minimum absolute atomic E-state index is 0.184. The number of alkyl halides is 3. The fraction of sp³-hybridized carbons (Fsp3) is 0.250. The summed E-state index contributed by atoms with van der Waals surface area (Å²) in [6.45, 7) is 0.325. The van der Waals surface area contributed by atoms with Crippen LogP contribution in [0.4, 0.5) is 22.7 Å². The number of halogens is 4. The third-order valence-corrected chi connectivity index (χ3v) is 3.22. The van der Waals surface area contributed by atoms with Crippen LogP contribution in [0.1, 0.15) is 11.3 Å². The van der Waals surface area contributed by atoms with Gasteiger partial charge in [0.2, 0.25) is 0 Å². The Kier molecular flexibility index (Phi) is 4.04. The van der Waals surface area contributed by atoms with Crippen molar-refractivity contribution in [3.8, 4) is 0 Å². The number of benzene rings is 1. The van der Waals surface area contributed by atoms with Gasteiger partial charge in [0.15, 0.2) is 10.8 Å². The Morgan fingerprint density at radius 1 is 1.21 bits per heavy atom. The number of anilines is 1. The van der Waals surface area contributed by atoms with E-state index in [0.717, 1.165) is 16.7 Å². The van der Waals surface area contributed by atoms with Gasteiger partial charge in [0.1, 0.15) is 5.82 Å². The fourth-order valence-electron chi connectivity index (χ4n) is 1.49. The Labute approximate surface area is 111 Å². The molecule has 0 spiro atoms. The van der Waals surface area contributed by atoms with Crippen molar-refractivity contribution < 1.29 is 17.6 Å². The molecule has 0 saturated heterocycles. The highest BCUT2D eigenvalue weighted by molar-refractivity contribution is 7.13. The van der Waals surface area contributed by atoms with Gasteiger partial charge in [0.25, 0.3) is 0 Å². The lowest BCUT2D eigenvalue weighted by Crippen LogP contribution is -2.08. The van der Waals surface area contributed by atoms with Gasteiger partial charge in [0.05, 0.1) is 0 Å². The molecular weight excluding hydrogens is 280 g/mol. The van der Waals surface area contributed by atoms with E-state index in [1.54, 1.807) is 18.2 Å². The molecule has 0 aliphatic rings. The first-order valence-corrected chi connectivity index (χ1v) is 6.35. The molecule has 0 amide bonds. The molecule has 2 nitrogen and oxygen atoms in total. The molecule has 0 aliphatic carbocycles. The molecule has 1 aromatic heterocycles. The van der Waals surface area contributed by atoms with E-state index in [1.807, 2.05) is 0 Å². The SMILES string of the molecule is Fc1ccccc1CCNc1nc(C(F)(F)F)cs1. The number of thiazole rings is 1. The fourth-order valence-corrected chi connectivity index (χ4v) is 2.24. The summed E-state index contributed by atoms with van der Waals surface area (Å²) < 4.78 is 50.2. The molecule has 2 aromatic rings. The van der Waals surface area contributed by atoms with Crippen molar-refractivity contribution in [2.75, 3.05) is 11.9 Å². The number of nitrogens with one attached hydrogen (secondary N) is 1. The summed E-state index contributed by atoms with van der Waals surface area (Å²) in [5.74, 6) is -0.320. The summed E-state index contributed by atoms with van der Waals surface area (Å²) in [7, 11) is 0. The molecule has 0 saturated carbocycles. The number of hydrogen-bond acceptors (Lipinski definition) is 3. The molecule has 7 heteroatoms. The third kappa shape index (κ3) is 3.66. The normalized spacial score (nSPS) is 11.6. The van der Waals surface area contributed by atoms with E-state index in [1.165, 1.54) is 6.07 Å². The monoisotopic (exact) mass is 290 g/mol. The summed E-state index contributed by atoms with van der Waals surface area (Å²) >= 11 is 0.880. The first kappa shape index (κ1) is 13.8. The van der Waals surface area contributed by atoms with Crippen LogP contribution in [0.15, 0.2) is 29.6 Å². The van der Waals surface area contributed by atoms with E-state index in [2.05, 4.69) is 10.3 Å². The van der Waals surface area contributed by atoms with Crippen LogP contribution < -0.4 is 5.32 Å². The Morgan fingerprint density at radius 2 is 1.95 bits per heavy atom. The van der Waals surface area contributed by atoms with E-state index < -0.39 is 11.9 Å². The number of aromatic nitrogens is 1. The molecule has 0 aliphatic heterocycles. The zero-order valence-corrected chi connectivity index (χ0v) is 10.5. The highest BCUT2D eigenvalue weighted by Gasteiger charge is 2.33. The smallest absolute Gasteiger partial charge is 0.361 e. The summed E-state index contributed by atoms with van der Waals surface area (Å²) in [6, 6.07) is 6.28. The van der Waals surface area contributed by atoms with E-state index in [9.17, 15) is 17.6 Å². The van der Waals surface area contributed by atoms with Gasteiger partial charge in [-0.05, 0) is 18.1 Å². The standard InChI is InChI=1S/C12H10F4N2S/c13-9-4-2-1-3-8(9)5-6-17-11-18-10(7-19-11)12(14,15)16/h1-4,7H,5-6H2,(H,17,18). The second kappa shape index (κ2) is 5.56. The quantitative estimate of drug-likeness (QED) is 0.862. The van der Waals surface area contributed by atoms with Gasteiger partial charge < -0.3 is 5.32 Å². The summed E-state index contributed by atoms with van der Waals surface area (Å²) in [5.41, 5.74) is -0.395. The lowest BCUT2D eigenvalue weighted by atomic mass is 10.1. The summed E-state index contributed by atoms with van der Waals surface area (Å²) in [4.78, 5) is 3.42. The van der Waals surface area contributed by atoms with Crippen molar-refractivity contribution in [3.63, 3.8) is 0 Å². The third-order valence-electron chi connectivity index (χ3n) is 2.42. The van der Waals surface area contributed by atoms with Gasteiger partial charge in [-0.25, -0.2) is 9.37 Å². The van der Waals surface area contributed by atoms with Crippen LogP contribution in [-0.2, 0) is 12.6 Å². The van der Waals surface area contributed by atoms with Crippen LogP contribution in [0.25, 0.3) is 0 Å². The lowest BCUT2D eigenvalue weighted by molar-refractivity contribution is -0.140. The van der Waals surface area contributed by atoms with Crippen LogP contribution in [-0.4, -0.2) is 11.5 Å². The molecule has 0 fully saturated rings. The van der Waals surface area contributed by atoms with E-state index in [-0.39, 0.29) is 10.9 Å². The minimum atomic E-state index is -4.43. The zero-order valence-electron chi connectivity index (χ0n) is 9.67. The van der Waals surface area contributed by atoms with E-state index >= 15 is 0 Å². The van der Waals surface area contributed by atoms with Crippen LogP contribution in [0.2, 0.25) is 0 Å². The minimum Gasteiger partial charge on any atom is -0.361 e. The molecule has 1 heterocycles. The Morgan fingerprint density at radius 3 is 2.58 bits per heavy atom. The van der Waals surface area contributed by atoms with Gasteiger partial charge >= 0.3 is 6.18 Å². The summed E-state index contributed by atoms with van der Waals surface area (Å²) in [5, 5.41) is 3.89. The lowest BCUT2D eigenvalue weighted by Gasteiger charge is -2.04. The molecule has 102 valence electrons. The zero-order chi connectivity index (χ0) is 13.9. The summed E-state index contributed by atoms with van der Waals surface area (Å²) in [6.07, 6.45) is -4.05. The van der Waals surface area contributed by atoms with E-state index in [0.29, 0.717) is 18.5 Å². The average Bonchev–Trinajstić information content (AvgIpc) is 2.80. The Balaban J connectivity index is 1.90. The average molecular weight is 290 g/mol. The van der Waals surface area contributed by atoms with Gasteiger partial charge in [-0.1, -0.05) is 18.2 Å². The van der Waals surface area contributed by atoms with Gasteiger partial charge in [-0.3, -0.25) is 0 Å². The molecule has 0 radical (unpaired) electrons. The van der Waals surface area contributed by atoms with Gasteiger partial charge in [-0.15, -0.1) is 11.3 Å². The highest BCUT2D eigenvalue weighted by atomic mass is 32.1. The van der Waals surface area contributed by atoms with Crippen molar-refractivity contribution in [2.45, 2.75) is 12.6 Å². The maximum atomic E-state index is 13.3. The molecule has 19 heavy (non-hydrogen) atoms. The molecule has 0 unspecified atom stereocenters. The molecule has 1 N–H and O–H groups in total. The molecule has 2 rings (SSSR count). The van der Waals surface area contributed by atoms with E-state index in [4.69, 9.17) is 0 Å². The van der Waals surface area contributed by atoms with Crippen LogP contribution in [0.3, 0.4) is 0 Å². The van der Waals surface area contributed by atoms with Crippen LogP contribution in [0, 0.1) is 5.82 Å². The largest absolute Gasteiger partial charge is 0.434 e. The van der Waals surface area contributed by atoms with Crippen LogP contribution in [0.5, 0.6) is 0 Å². The highest BCUT2D eigenvalue weighted by Crippen LogP contribution is 2.31. The molecule has 1 aromatic carbocycles. The first-order chi connectivity index (χ1) is 8.97. The van der Waals surface area contributed by atoms with Crippen molar-refractivity contribution in [2.24, 2.45) is 0 Å². The molecule has 0 atom stereocenters.